The monoisotopic (exact) mass is 327 g/mol. The maximum atomic E-state index is 10.8. The van der Waals surface area contributed by atoms with Crippen LogP contribution in [0, 0.1) is 0 Å². The van der Waals surface area contributed by atoms with Gasteiger partial charge in [-0.15, -0.1) is 10.2 Å². The van der Waals surface area contributed by atoms with Crippen molar-refractivity contribution in [2.24, 2.45) is 7.05 Å². The van der Waals surface area contributed by atoms with Gasteiger partial charge in [-0.3, -0.25) is 0 Å². The molecular formula is C11H10BrN3O2S. The van der Waals surface area contributed by atoms with Crippen LogP contribution in [0.1, 0.15) is 15.9 Å². The first-order valence-corrected chi connectivity index (χ1v) is 6.84. The third kappa shape index (κ3) is 2.91. The minimum absolute atomic E-state index is 0.272. The lowest BCUT2D eigenvalue weighted by Gasteiger charge is -2.05. The molecule has 2 aromatic rings. The fourth-order valence-corrected chi connectivity index (χ4v) is 2.94. The number of benzene rings is 1. The van der Waals surface area contributed by atoms with Crippen molar-refractivity contribution in [1.29, 1.82) is 0 Å². The van der Waals surface area contributed by atoms with E-state index in [4.69, 9.17) is 5.11 Å². The number of rotatable bonds is 4. The summed E-state index contributed by atoms with van der Waals surface area (Å²) in [4.78, 5) is 10.8. The number of hydrogen-bond acceptors (Lipinski definition) is 4. The summed E-state index contributed by atoms with van der Waals surface area (Å²) >= 11 is 4.93. The van der Waals surface area contributed by atoms with Crippen LogP contribution in [0.4, 0.5) is 0 Å². The minimum atomic E-state index is -0.928. The quantitative estimate of drug-likeness (QED) is 0.874. The summed E-state index contributed by atoms with van der Waals surface area (Å²) in [6.07, 6.45) is 1.64. The zero-order chi connectivity index (χ0) is 13.1. The van der Waals surface area contributed by atoms with E-state index in [2.05, 4.69) is 26.1 Å². The van der Waals surface area contributed by atoms with Gasteiger partial charge in [0.2, 0.25) is 0 Å². The molecule has 1 heterocycles. The highest BCUT2D eigenvalue weighted by molar-refractivity contribution is 9.10. The Morgan fingerprint density at radius 1 is 1.56 bits per heavy atom. The number of halogens is 1. The molecule has 5 nitrogen and oxygen atoms in total. The second-order valence-electron chi connectivity index (χ2n) is 3.62. The van der Waals surface area contributed by atoms with Crippen LogP contribution in [0.15, 0.2) is 34.2 Å². The average Bonchev–Trinajstić information content (AvgIpc) is 2.73. The van der Waals surface area contributed by atoms with E-state index in [0.717, 1.165) is 15.2 Å². The fourth-order valence-electron chi connectivity index (χ4n) is 1.34. The second kappa shape index (κ2) is 5.53. The van der Waals surface area contributed by atoms with Crippen molar-refractivity contribution >= 4 is 33.7 Å². The van der Waals surface area contributed by atoms with E-state index in [0.29, 0.717) is 5.75 Å². The molecule has 0 radical (unpaired) electrons. The molecule has 0 aliphatic carbocycles. The van der Waals surface area contributed by atoms with Gasteiger partial charge in [0.1, 0.15) is 6.33 Å². The third-order valence-corrected chi connectivity index (χ3v) is 4.15. The van der Waals surface area contributed by atoms with Gasteiger partial charge in [0.25, 0.3) is 0 Å². The lowest BCUT2D eigenvalue weighted by molar-refractivity contribution is 0.0697. The molecule has 0 saturated carbocycles. The highest BCUT2D eigenvalue weighted by Gasteiger charge is 2.08. The SMILES string of the molecule is Cn1cnnc1SCc1ccc(C(=O)O)cc1Br. The number of carboxylic acid groups (broad SMARTS) is 1. The molecule has 94 valence electrons. The average molecular weight is 328 g/mol. The first kappa shape index (κ1) is 13.1. The molecule has 0 aliphatic heterocycles. The largest absolute Gasteiger partial charge is 0.478 e. The van der Waals surface area contributed by atoms with Crippen LogP contribution in [-0.4, -0.2) is 25.8 Å². The number of nitrogens with zero attached hydrogens (tertiary/aromatic N) is 3. The molecule has 0 atom stereocenters. The number of carboxylic acids is 1. The summed E-state index contributed by atoms with van der Waals surface area (Å²) in [5, 5.41) is 17.5. The zero-order valence-corrected chi connectivity index (χ0v) is 11.9. The Labute approximate surface area is 116 Å². The van der Waals surface area contributed by atoms with Crippen molar-refractivity contribution in [3.8, 4) is 0 Å². The van der Waals surface area contributed by atoms with Crippen LogP contribution >= 0.6 is 27.7 Å². The van der Waals surface area contributed by atoms with Crippen molar-refractivity contribution in [1.82, 2.24) is 14.8 Å². The molecule has 1 aromatic heterocycles. The molecule has 0 bridgehead atoms. The molecule has 1 N–H and O–H groups in total. The zero-order valence-electron chi connectivity index (χ0n) is 9.50. The Balaban J connectivity index is 2.11. The topological polar surface area (TPSA) is 68.0 Å². The Morgan fingerprint density at radius 2 is 2.33 bits per heavy atom. The van der Waals surface area contributed by atoms with Crippen LogP contribution in [-0.2, 0) is 12.8 Å². The van der Waals surface area contributed by atoms with Crippen LogP contribution < -0.4 is 0 Å². The van der Waals surface area contributed by atoms with E-state index < -0.39 is 5.97 Å². The Hall–Kier alpha value is -1.34. The Bertz CT molecular complexity index is 585. The van der Waals surface area contributed by atoms with E-state index in [1.165, 1.54) is 0 Å². The van der Waals surface area contributed by atoms with Gasteiger partial charge in [0.05, 0.1) is 5.56 Å². The lowest BCUT2D eigenvalue weighted by Crippen LogP contribution is -1.97. The predicted octanol–water partition coefficient (Wildman–Crippen LogP) is 2.57. The maximum absolute atomic E-state index is 10.8. The summed E-state index contributed by atoms with van der Waals surface area (Å²) in [7, 11) is 1.88. The van der Waals surface area contributed by atoms with E-state index in [1.807, 2.05) is 11.6 Å². The smallest absolute Gasteiger partial charge is 0.335 e. The van der Waals surface area contributed by atoms with E-state index in [9.17, 15) is 4.79 Å². The Morgan fingerprint density at radius 3 is 2.89 bits per heavy atom. The molecule has 0 saturated heterocycles. The van der Waals surface area contributed by atoms with Crippen LogP contribution in [0.25, 0.3) is 0 Å². The standard InChI is InChI=1S/C11H10BrN3O2S/c1-15-6-13-14-11(15)18-5-8-3-2-7(10(16)17)4-9(8)12/h2-4,6H,5H2,1H3,(H,16,17). The maximum Gasteiger partial charge on any atom is 0.335 e. The summed E-state index contributed by atoms with van der Waals surface area (Å²) in [5.74, 6) is -0.226. The third-order valence-electron chi connectivity index (χ3n) is 2.33. The number of aromatic carboxylic acids is 1. The van der Waals surface area contributed by atoms with E-state index in [1.54, 1.807) is 36.3 Å². The summed E-state index contributed by atoms with van der Waals surface area (Å²) in [6, 6.07) is 5.01. The molecule has 0 amide bonds. The molecule has 7 heteroatoms. The summed E-state index contributed by atoms with van der Waals surface area (Å²) < 4.78 is 2.63. The first-order valence-electron chi connectivity index (χ1n) is 5.06. The van der Waals surface area contributed by atoms with Crippen LogP contribution in [0.2, 0.25) is 0 Å². The summed E-state index contributed by atoms with van der Waals surface area (Å²) in [5.41, 5.74) is 1.29. The molecule has 1 aromatic carbocycles. The number of aromatic nitrogens is 3. The Kier molecular flexibility index (Phi) is 4.03. The van der Waals surface area contributed by atoms with Gasteiger partial charge in [-0.25, -0.2) is 4.79 Å². The van der Waals surface area contributed by atoms with Crippen molar-refractivity contribution in [2.75, 3.05) is 0 Å². The van der Waals surface area contributed by atoms with Gasteiger partial charge in [0, 0.05) is 17.3 Å². The number of carbonyl (C=O) groups is 1. The van der Waals surface area contributed by atoms with E-state index in [-0.39, 0.29) is 5.56 Å². The van der Waals surface area contributed by atoms with Gasteiger partial charge in [-0.05, 0) is 17.7 Å². The van der Waals surface area contributed by atoms with Gasteiger partial charge >= 0.3 is 5.97 Å². The lowest BCUT2D eigenvalue weighted by atomic mass is 10.1. The van der Waals surface area contributed by atoms with Crippen molar-refractivity contribution in [3.05, 3.63) is 40.1 Å². The molecule has 0 spiro atoms. The minimum Gasteiger partial charge on any atom is -0.478 e. The van der Waals surface area contributed by atoms with Crippen molar-refractivity contribution in [2.45, 2.75) is 10.9 Å². The van der Waals surface area contributed by atoms with Crippen molar-refractivity contribution in [3.63, 3.8) is 0 Å². The van der Waals surface area contributed by atoms with Gasteiger partial charge in [0.15, 0.2) is 5.16 Å². The highest BCUT2D eigenvalue weighted by Crippen LogP contribution is 2.26. The molecule has 2 rings (SSSR count). The molecule has 0 unspecified atom stereocenters. The number of thioether (sulfide) groups is 1. The number of aryl methyl sites for hydroxylation is 1. The predicted molar refractivity (Wildman–Crippen MR) is 71.7 cm³/mol. The molecule has 18 heavy (non-hydrogen) atoms. The van der Waals surface area contributed by atoms with Gasteiger partial charge < -0.3 is 9.67 Å². The highest BCUT2D eigenvalue weighted by atomic mass is 79.9. The molecule has 0 aliphatic rings. The fraction of sp³-hybridized carbons (Fsp3) is 0.182. The summed E-state index contributed by atoms with van der Waals surface area (Å²) in [6.45, 7) is 0. The van der Waals surface area contributed by atoms with E-state index >= 15 is 0 Å². The molecular weight excluding hydrogens is 318 g/mol. The normalized spacial score (nSPS) is 10.6. The van der Waals surface area contributed by atoms with Crippen LogP contribution in [0.5, 0.6) is 0 Å². The second-order valence-corrected chi connectivity index (χ2v) is 5.42. The first-order chi connectivity index (χ1) is 8.58. The van der Waals surface area contributed by atoms with Gasteiger partial charge in [-0.2, -0.15) is 0 Å². The van der Waals surface area contributed by atoms with Crippen molar-refractivity contribution < 1.29 is 9.90 Å². The number of hydrogen-bond donors (Lipinski definition) is 1. The molecule has 0 fully saturated rings. The van der Waals surface area contributed by atoms with Gasteiger partial charge in [-0.1, -0.05) is 33.8 Å². The van der Waals surface area contributed by atoms with Crippen LogP contribution in [0.3, 0.4) is 0 Å².